The number of para-hydroxylation sites is 2. The van der Waals surface area contributed by atoms with Gasteiger partial charge in [0.05, 0.1) is 17.1 Å². The number of nitrogens with zero attached hydrogens (tertiary/aromatic N) is 2. The maximum atomic E-state index is 13.2. The molecule has 1 heterocycles. The smallest absolute Gasteiger partial charge is 0.265 e. The van der Waals surface area contributed by atoms with Crippen molar-refractivity contribution in [1.29, 1.82) is 0 Å². The molecule has 2 amide bonds. The molecule has 38 heavy (non-hydrogen) atoms. The van der Waals surface area contributed by atoms with Crippen LogP contribution in [0, 0.1) is 6.92 Å². The SMILES string of the molecule is Cc1cc(S(=O)(=O)N(C)C)ccc1OCC(=O)N1C[C@@H](C(=O)NCCc2ccccc2)Oc2ccccc21. The van der Waals surface area contributed by atoms with Crippen LogP contribution in [0.1, 0.15) is 11.1 Å². The zero-order valence-corrected chi connectivity index (χ0v) is 22.4. The van der Waals surface area contributed by atoms with Gasteiger partial charge in [0.1, 0.15) is 11.5 Å². The average molecular weight is 538 g/mol. The van der Waals surface area contributed by atoms with Crippen LogP contribution in [0.2, 0.25) is 0 Å². The van der Waals surface area contributed by atoms with Crippen molar-refractivity contribution in [3.8, 4) is 11.5 Å². The molecule has 4 rings (SSSR count). The van der Waals surface area contributed by atoms with Gasteiger partial charge in [-0.05, 0) is 54.8 Å². The quantitative estimate of drug-likeness (QED) is 0.450. The third-order valence-electron chi connectivity index (χ3n) is 6.20. The number of hydrogen-bond donors (Lipinski definition) is 1. The van der Waals surface area contributed by atoms with E-state index in [0.717, 1.165) is 9.87 Å². The first-order chi connectivity index (χ1) is 18.2. The minimum atomic E-state index is -3.58. The van der Waals surface area contributed by atoms with Gasteiger partial charge >= 0.3 is 0 Å². The second-order valence-electron chi connectivity index (χ2n) is 9.11. The van der Waals surface area contributed by atoms with Crippen LogP contribution in [0.25, 0.3) is 0 Å². The van der Waals surface area contributed by atoms with Gasteiger partial charge in [-0.25, -0.2) is 12.7 Å². The first-order valence-electron chi connectivity index (χ1n) is 12.2. The Morgan fingerprint density at radius 2 is 1.76 bits per heavy atom. The zero-order valence-electron chi connectivity index (χ0n) is 21.6. The van der Waals surface area contributed by atoms with Crippen molar-refractivity contribution >= 4 is 27.5 Å². The van der Waals surface area contributed by atoms with E-state index in [1.54, 1.807) is 31.2 Å². The normalized spacial score (nSPS) is 14.9. The Balaban J connectivity index is 1.42. The van der Waals surface area contributed by atoms with Crippen molar-refractivity contribution in [3.05, 3.63) is 83.9 Å². The molecule has 0 radical (unpaired) electrons. The number of ether oxygens (including phenoxy) is 2. The summed E-state index contributed by atoms with van der Waals surface area (Å²) in [7, 11) is -0.658. The number of aryl methyl sites for hydroxylation is 1. The maximum Gasteiger partial charge on any atom is 0.265 e. The van der Waals surface area contributed by atoms with Crippen LogP contribution in [-0.4, -0.2) is 64.4 Å². The maximum absolute atomic E-state index is 13.2. The molecule has 1 atom stereocenters. The van der Waals surface area contributed by atoms with Gasteiger partial charge in [-0.2, -0.15) is 0 Å². The van der Waals surface area contributed by atoms with Crippen LogP contribution < -0.4 is 19.7 Å². The molecule has 0 spiro atoms. The lowest BCUT2D eigenvalue weighted by atomic mass is 10.1. The van der Waals surface area contributed by atoms with E-state index in [1.165, 1.54) is 37.2 Å². The highest BCUT2D eigenvalue weighted by molar-refractivity contribution is 7.89. The third kappa shape index (κ3) is 6.15. The first-order valence-corrected chi connectivity index (χ1v) is 13.6. The number of carbonyl (C=O) groups is 2. The molecule has 1 aliphatic rings. The fourth-order valence-electron chi connectivity index (χ4n) is 4.07. The van der Waals surface area contributed by atoms with Crippen molar-refractivity contribution in [1.82, 2.24) is 9.62 Å². The standard InChI is InChI=1S/C28H31N3O6S/c1-20-17-22(38(34,35)30(2)3)13-14-24(20)36-19-27(32)31-18-26(37-25-12-8-7-11-23(25)31)28(33)29-16-15-21-9-5-4-6-10-21/h4-14,17,26H,15-16,18-19H2,1-3H3,(H,29,33)/t26-/m0/s1. The number of carbonyl (C=O) groups excluding carboxylic acids is 2. The van der Waals surface area contributed by atoms with Gasteiger partial charge in [-0.1, -0.05) is 42.5 Å². The molecule has 10 heteroatoms. The van der Waals surface area contributed by atoms with E-state index in [0.29, 0.717) is 35.7 Å². The largest absolute Gasteiger partial charge is 0.483 e. The second kappa shape index (κ2) is 11.7. The highest BCUT2D eigenvalue weighted by Crippen LogP contribution is 2.33. The second-order valence-corrected chi connectivity index (χ2v) is 11.3. The van der Waals surface area contributed by atoms with E-state index in [4.69, 9.17) is 9.47 Å². The molecule has 200 valence electrons. The van der Waals surface area contributed by atoms with Crippen LogP contribution in [0.3, 0.4) is 0 Å². The van der Waals surface area contributed by atoms with Gasteiger partial charge in [0.15, 0.2) is 12.7 Å². The molecule has 0 unspecified atom stereocenters. The van der Waals surface area contributed by atoms with E-state index >= 15 is 0 Å². The van der Waals surface area contributed by atoms with Crippen molar-refractivity contribution < 1.29 is 27.5 Å². The summed E-state index contributed by atoms with van der Waals surface area (Å²) in [5.41, 5.74) is 2.25. The van der Waals surface area contributed by atoms with Crippen LogP contribution in [-0.2, 0) is 26.0 Å². The van der Waals surface area contributed by atoms with Crippen molar-refractivity contribution in [2.45, 2.75) is 24.3 Å². The summed E-state index contributed by atoms with van der Waals surface area (Å²) in [4.78, 5) is 27.8. The lowest BCUT2D eigenvalue weighted by molar-refractivity contribution is -0.128. The minimum absolute atomic E-state index is 0.0371. The number of hydrogen-bond acceptors (Lipinski definition) is 6. The molecule has 0 saturated carbocycles. The van der Waals surface area contributed by atoms with Crippen molar-refractivity contribution in [2.24, 2.45) is 0 Å². The van der Waals surface area contributed by atoms with E-state index in [2.05, 4.69) is 5.32 Å². The molecule has 1 N–H and O–H groups in total. The Bertz CT molecular complexity index is 1410. The molecule has 0 fully saturated rings. The Morgan fingerprint density at radius 3 is 2.47 bits per heavy atom. The van der Waals surface area contributed by atoms with Gasteiger partial charge in [-0.15, -0.1) is 0 Å². The third-order valence-corrected chi connectivity index (χ3v) is 8.01. The van der Waals surface area contributed by atoms with Gasteiger partial charge in [0.25, 0.3) is 11.8 Å². The summed E-state index contributed by atoms with van der Waals surface area (Å²) in [6.45, 7) is 1.90. The van der Waals surface area contributed by atoms with Crippen LogP contribution in [0.4, 0.5) is 5.69 Å². The molecule has 0 aliphatic carbocycles. The van der Waals surface area contributed by atoms with Crippen LogP contribution >= 0.6 is 0 Å². The minimum Gasteiger partial charge on any atom is -0.483 e. The summed E-state index contributed by atoms with van der Waals surface area (Å²) in [6, 6.07) is 21.4. The highest BCUT2D eigenvalue weighted by Gasteiger charge is 2.34. The molecule has 3 aromatic rings. The summed E-state index contributed by atoms with van der Waals surface area (Å²) < 4.78 is 37.6. The summed E-state index contributed by atoms with van der Waals surface area (Å²) in [5, 5.41) is 2.90. The molecule has 0 aromatic heterocycles. The van der Waals surface area contributed by atoms with Gasteiger partial charge in [0, 0.05) is 20.6 Å². The average Bonchev–Trinajstić information content (AvgIpc) is 2.92. The monoisotopic (exact) mass is 537 g/mol. The molecule has 1 aliphatic heterocycles. The van der Waals surface area contributed by atoms with Crippen molar-refractivity contribution in [2.75, 3.05) is 38.7 Å². The molecule has 9 nitrogen and oxygen atoms in total. The molecule has 0 bridgehead atoms. The summed E-state index contributed by atoms with van der Waals surface area (Å²) >= 11 is 0. The van der Waals surface area contributed by atoms with E-state index in [1.807, 2.05) is 30.3 Å². The lowest BCUT2D eigenvalue weighted by Gasteiger charge is -2.34. The van der Waals surface area contributed by atoms with Crippen LogP contribution in [0.15, 0.2) is 77.7 Å². The number of fused-ring (bicyclic) bond motifs is 1. The summed E-state index contributed by atoms with van der Waals surface area (Å²) in [5.74, 6) is 0.174. The molecule has 3 aromatic carbocycles. The molecular weight excluding hydrogens is 506 g/mol. The van der Waals surface area contributed by atoms with E-state index < -0.39 is 16.1 Å². The number of benzene rings is 3. The van der Waals surface area contributed by atoms with E-state index in [-0.39, 0.29) is 29.9 Å². The van der Waals surface area contributed by atoms with Crippen LogP contribution in [0.5, 0.6) is 11.5 Å². The number of amides is 2. The van der Waals surface area contributed by atoms with Gasteiger partial charge in [0.2, 0.25) is 10.0 Å². The van der Waals surface area contributed by atoms with Gasteiger partial charge < -0.3 is 19.7 Å². The Labute approximate surface area is 223 Å². The number of anilines is 1. The molecular formula is C28H31N3O6S. The zero-order chi connectivity index (χ0) is 27.3. The van der Waals surface area contributed by atoms with Crippen molar-refractivity contribution in [3.63, 3.8) is 0 Å². The number of nitrogens with one attached hydrogen (secondary N) is 1. The predicted molar refractivity (Wildman–Crippen MR) is 144 cm³/mol. The topological polar surface area (TPSA) is 105 Å². The first kappa shape index (κ1) is 27.2. The fourth-order valence-corrected chi connectivity index (χ4v) is 5.06. The fraction of sp³-hybridized carbons (Fsp3) is 0.286. The highest BCUT2D eigenvalue weighted by atomic mass is 32.2. The lowest BCUT2D eigenvalue weighted by Crippen LogP contribution is -2.52. The predicted octanol–water partition coefficient (Wildman–Crippen LogP) is 2.78. The Kier molecular flexibility index (Phi) is 8.33. The van der Waals surface area contributed by atoms with Gasteiger partial charge in [-0.3, -0.25) is 9.59 Å². The van der Waals surface area contributed by atoms with E-state index in [9.17, 15) is 18.0 Å². The Hall–Kier alpha value is -3.89. The Morgan fingerprint density at radius 1 is 1.05 bits per heavy atom. The number of sulfonamides is 1. The molecule has 0 saturated heterocycles. The number of rotatable bonds is 9. The summed E-state index contributed by atoms with van der Waals surface area (Å²) in [6.07, 6.45) is -0.192.